The quantitative estimate of drug-likeness (QED) is 0.925. The average Bonchev–Trinajstić information content (AvgIpc) is 2.80. The first-order valence-electron chi connectivity index (χ1n) is 5.78. The first kappa shape index (κ1) is 13.1. The zero-order chi connectivity index (χ0) is 13.1. The number of rotatable bonds is 4. The van der Waals surface area contributed by atoms with Gasteiger partial charge in [-0.05, 0) is 12.5 Å². The van der Waals surface area contributed by atoms with Gasteiger partial charge < -0.3 is 9.67 Å². The van der Waals surface area contributed by atoms with E-state index in [4.69, 9.17) is 11.6 Å². The molecular formula is C13H14ClFN2O. The number of aryl methyl sites for hydroxylation is 1. The lowest BCUT2D eigenvalue weighted by Crippen LogP contribution is -2.10. The van der Waals surface area contributed by atoms with Crippen LogP contribution in [0.3, 0.4) is 0 Å². The van der Waals surface area contributed by atoms with Gasteiger partial charge in [0.2, 0.25) is 0 Å². The molecule has 0 saturated heterocycles. The van der Waals surface area contributed by atoms with Crippen molar-refractivity contribution < 1.29 is 9.50 Å². The summed E-state index contributed by atoms with van der Waals surface area (Å²) in [6.07, 6.45) is 3.30. The van der Waals surface area contributed by atoms with Crippen molar-refractivity contribution in [1.29, 1.82) is 0 Å². The van der Waals surface area contributed by atoms with Gasteiger partial charge in [-0.15, -0.1) is 0 Å². The molecule has 2 rings (SSSR count). The molecule has 5 heteroatoms. The minimum atomic E-state index is -1.02. The van der Waals surface area contributed by atoms with E-state index in [2.05, 4.69) is 4.98 Å². The minimum absolute atomic E-state index is 0.0592. The van der Waals surface area contributed by atoms with Gasteiger partial charge in [-0.2, -0.15) is 0 Å². The van der Waals surface area contributed by atoms with Gasteiger partial charge in [0.25, 0.3) is 0 Å². The normalized spacial score (nSPS) is 12.7. The third-order valence-corrected chi connectivity index (χ3v) is 3.13. The highest BCUT2D eigenvalue weighted by Gasteiger charge is 2.20. The molecule has 0 amide bonds. The molecule has 96 valence electrons. The first-order chi connectivity index (χ1) is 8.65. The number of halogens is 2. The van der Waals surface area contributed by atoms with Crippen molar-refractivity contribution in [2.45, 2.75) is 26.0 Å². The Bertz CT molecular complexity index is 542. The molecule has 0 aliphatic rings. The summed E-state index contributed by atoms with van der Waals surface area (Å²) in [6, 6.07) is 4.38. The molecule has 0 radical (unpaired) electrons. The molecule has 0 aliphatic carbocycles. The topological polar surface area (TPSA) is 38.0 Å². The summed E-state index contributed by atoms with van der Waals surface area (Å²) in [5, 5.41) is 10.2. The molecule has 1 heterocycles. The van der Waals surface area contributed by atoms with Gasteiger partial charge >= 0.3 is 0 Å². The molecule has 1 N–H and O–H groups in total. The Labute approximate surface area is 110 Å². The van der Waals surface area contributed by atoms with Crippen LogP contribution in [0.5, 0.6) is 0 Å². The summed E-state index contributed by atoms with van der Waals surface area (Å²) in [5.74, 6) is -0.0637. The number of imidazole rings is 1. The molecule has 1 aromatic carbocycles. The van der Waals surface area contributed by atoms with Crippen LogP contribution in [0.2, 0.25) is 5.02 Å². The van der Waals surface area contributed by atoms with E-state index in [-0.39, 0.29) is 5.02 Å². The molecule has 0 saturated carbocycles. The molecule has 1 aromatic heterocycles. The Morgan fingerprint density at radius 1 is 1.50 bits per heavy atom. The molecule has 0 spiro atoms. The fraction of sp³-hybridized carbons (Fsp3) is 0.308. The molecule has 0 bridgehead atoms. The van der Waals surface area contributed by atoms with Gasteiger partial charge in [-0.1, -0.05) is 30.7 Å². The van der Waals surface area contributed by atoms with E-state index in [1.54, 1.807) is 18.5 Å². The zero-order valence-electron chi connectivity index (χ0n) is 9.98. The van der Waals surface area contributed by atoms with Crippen LogP contribution in [-0.2, 0) is 6.54 Å². The third kappa shape index (κ3) is 2.40. The molecule has 2 aromatic rings. The lowest BCUT2D eigenvalue weighted by atomic mass is 10.1. The van der Waals surface area contributed by atoms with Crippen molar-refractivity contribution in [3.05, 3.63) is 52.8 Å². The Hall–Kier alpha value is -1.39. The van der Waals surface area contributed by atoms with Crippen LogP contribution in [0.1, 0.15) is 30.8 Å². The van der Waals surface area contributed by atoms with Gasteiger partial charge in [-0.25, -0.2) is 9.37 Å². The van der Waals surface area contributed by atoms with E-state index in [0.717, 1.165) is 13.0 Å². The Kier molecular flexibility index (Phi) is 3.99. The summed E-state index contributed by atoms with van der Waals surface area (Å²) < 4.78 is 15.2. The van der Waals surface area contributed by atoms with Crippen LogP contribution in [0, 0.1) is 5.82 Å². The van der Waals surface area contributed by atoms with Crippen LogP contribution >= 0.6 is 11.6 Å². The largest absolute Gasteiger partial charge is 0.380 e. The second-order valence-electron chi connectivity index (χ2n) is 4.02. The van der Waals surface area contributed by atoms with Gasteiger partial charge in [-0.3, -0.25) is 0 Å². The molecule has 18 heavy (non-hydrogen) atoms. The molecule has 3 nitrogen and oxygen atoms in total. The Balaban J connectivity index is 2.38. The van der Waals surface area contributed by atoms with Crippen LogP contribution < -0.4 is 0 Å². The van der Waals surface area contributed by atoms with E-state index in [1.165, 1.54) is 12.1 Å². The van der Waals surface area contributed by atoms with Gasteiger partial charge in [0.15, 0.2) is 0 Å². The van der Waals surface area contributed by atoms with Gasteiger partial charge in [0, 0.05) is 24.5 Å². The molecular weight excluding hydrogens is 255 g/mol. The lowest BCUT2D eigenvalue weighted by Gasteiger charge is -2.14. The third-order valence-electron chi connectivity index (χ3n) is 2.73. The van der Waals surface area contributed by atoms with Crippen molar-refractivity contribution in [3.63, 3.8) is 0 Å². The standard InChI is InChI=1S/C13H14ClFN2O/c1-2-7-17-8-6-16-13(17)12(18)9-4-3-5-10(15)11(9)14/h3-6,8,12,18H,2,7H2,1H3. The van der Waals surface area contributed by atoms with E-state index in [0.29, 0.717) is 11.4 Å². The number of hydrogen-bond acceptors (Lipinski definition) is 2. The monoisotopic (exact) mass is 268 g/mol. The fourth-order valence-corrected chi connectivity index (χ4v) is 2.10. The van der Waals surface area contributed by atoms with E-state index in [1.807, 2.05) is 11.5 Å². The molecule has 0 fully saturated rings. The number of benzene rings is 1. The maximum atomic E-state index is 13.4. The second kappa shape index (κ2) is 5.50. The number of aromatic nitrogens is 2. The van der Waals surface area contributed by atoms with Crippen LogP contribution in [-0.4, -0.2) is 14.7 Å². The summed E-state index contributed by atoms with van der Waals surface area (Å²) in [4.78, 5) is 4.11. The minimum Gasteiger partial charge on any atom is -0.380 e. The number of aliphatic hydroxyl groups is 1. The van der Waals surface area contributed by atoms with Crippen LogP contribution in [0.4, 0.5) is 4.39 Å². The van der Waals surface area contributed by atoms with E-state index in [9.17, 15) is 9.50 Å². The second-order valence-corrected chi connectivity index (χ2v) is 4.40. The lowest BCUT2D eigenvalue weighted by molar-refractivity contribution is 0.204. The average molecular weight is 269 g/mol. The van der Waals surface area contributed by atoms with Crippen molar-refractivity contribution in [1.82, 2.24) is 9.55 Å². The number of nitrogens with zero attached hydrogens (tertiary/aromatic N) is 2. The molecule has 0 aliphatic heterocycles. The van der Waals surface area contributed by atoms with Crippen LogP contribution in [0.15, 0.2) is 30.6 Å². The fourth-order valence-electron chi connectivity index (χ4n) is 1.87. The number of hydrogen-bond donors (Lipinski definition) is 1. The zero-order valence-corrected chi connectivity index (χ0v) is 10.7. The van der Waals surface area contributed by atoms with Crippen molar-refractivity contribution in [3.8, 4) is 0 Å². The maximum Gasteiger partial charge on any atom is 0.142 e. The smallest absolute Gasteiger partial charge is 0.142 e. The molecule has 1 atom stereocenters. The van der Waals surface area contributed by atoms with Gasteiger partial charge in [0.05, 0.1) is 5.02 Å². The summed E-state index contributed by atoms with van der Waals surface area (Å²) in [6.45, 7) is 2.78. The van der Waals surface area contributed by atoms with Crippen molar-refractivity contribution in [2.75, 3.05) is 0 Å². The summed E-state index contributed by atoms with van der Waals surface area (Å²) in [7, 11) is 0. The van der Waals surface area contributed by atoms with Gasteiger partial charge in [0.1, 0.15) is 17.7 Å². The Morgan fingerprint density at radius 2 is 2.28 bits per heavy atom. The highest BCUT2D eigenvalue weighted by Crippen LogP contribution is 2.29. The van der Waals surface area contributed by atoms with Crippen molar-refractivity contribution >= 4 is 11.6 Å². The van der Waals surface area contributed by atoms with E-state index >= 15 is 0 Å². The highest BCUT2D eigenvalue weighted by atomic mass is 35.5. The van der Waals surface area contributed by atoms with Crippen molar-refractivity contribution in [2.24, 2.45) is 0 Å². The SMILES string of the molecule is CCCn1ccnc1C(O)c1cccc(F)c1Cl. The first-order valence-corrected chi connectivity index (χ1v) is 6.16. The maximum absolute atomic E-state index is 13.4. The van der Waals surface area contributed by atoms with E-state index < -0.39 is 11.9 Å². The predicted molar refractivity (Wildman–Crippen MR) is 68.0 cm³/mol. The summed E-state index contributed by atoms with van der Waals surface area (Å²) in [5.41, 5.74) is 0.334. The summed E-state index contributed by atoms with van der Waals surface area (Å²) >= 11 is 5.86. The number of aliphatic hydroxyl groups excluding tert-OH is 1. The predicted octanol–water partition coefficient (Wildman–Crippen LogP) is 3.17. The molecule has 1 unspecified atom stereocenters. The van der Waals surface area contributed by atoms with Crippen LogP contribution in [0.25, 0.3) is 0 Å². The Morgan fingerprint density at radius 3 is 3.00 bits per heavy atom. The highest BCUT2D eigenvalue weighted by molar-refractivity contribution is 6.31.